The van der Waals surface area contributed by atoms with Gasteiger partial charge in [0, 0.05) is 26.0 Å². The van der Waals surface area contributed by atoms with Gasteiger partial charge >= 0.3 is 0 Å². The summed E-state index contributed by atoms with van der Waals surface area (Å²) in [7, 11) is 1.83. The first-order valence-electron chi connectivity index (χ1n) is 7.08. The van der Waals surface area contributed by atoms with Crippen molar-refractivity contribution in [2.24, 2.45) is 5.92 Å². The zero-order valence-corrected chi connectivity index (χ0v) is 12.0. The van der Waals surface area contributed by atoms with Crippen LogP contribution in [0.15, 0.2) is 48.8 Å². The molecule has 1 aliphatic rings. The van der Waals surface area contributed by atoms with Crippen LogP contribution in [0.1, 0.15) is 11.1 Å². The summed E-state index contributed by atoms with van der Waals surface area (Å²) >= 11 is 0. The number of para-hydroxylation sites is 1. The highest BCUT2D eigenvalue weighted by Crippen LogP contribution is 2.27. The van der Waals surface area contributed by atoms with Crippen LogP contribution < -0.4 is 4.74 Å². The van der Waals surface area contributed by atoms with Crippen LogP contribution in [0.25, 0.3) is 0 Å². The molecule has 1 aliphatic heterocycles. The van der Waals surface area contributed by atoms with Crippen molar-refractivity contribution in [3.05, 3.63) is 59.9 Å². The van der Waals surface area contributed by atoms with E-state index in [2.05, 4.69) is 4.98 Å². The smallest absolute Gasteiger partial charge is 0.229 e. The molecular formula is C17H18N2O2. The molecule has 0 spiro atoms. The van der Waals surface area contributed by atoms with Crippen LogP contribution >= 0.6 is 0 Å². The van der Waals surface area contributed by atoms with Crippen LogP contribution in [0.4, 0.5) is 0 Å². The molecule has 0 saturated carbocycles. The molecule has 0 N–H and O–H groups in total. The van der Waals surface area contributed by atoms with E-state index in [1.807, 2.05) is 43.4 Å². The molecule has 1 aromatic carbocycles. The Hall–Kier alpha value is -2.36. The Morgan fingerprint density at radius 2 is 2.19 bits per heavy atom. The van der Waals surface area contributed by atoms with Crippen molar-refractivity contribution in [1.29, 1.82) is 0 Å². The molecular weight excluding hydrogens is 264 g/mol. The number of benzene rings is 1. The first-order chi connectivity index (χ1) is 10.2. The molecule has 21 heavy (non-hydrogen) atoms. The summed E-state index contributed by atoms with van der Waals surface area (Å²) in [5.74, 6) is 0.909. The van der Waals surface area contributed by atoms with E-state index in [1.165, 1.54) is 0 Å². The molecule has 1 aromatic heterocycles. The van der Waals surface area contributed by atoms with Crippen LogP contribution in [-0.4, -0.2) is 29.4 Å². The molecule has 3 rings (SSSR count). The predicted octanol–water partition coefficient (Wildman–Crippen LogP) is 2.29. The van der Waals surface area contributed by atoms with Gasteiger partial charge in [-0.3, -0.25) is 9.78 Å². The summed E-state index contributed by atoms with van der Waals surface area (Å²) in [6.45, 7) is 1.03. The number of fused-ring (bicyclic) bond motifs is 1. The number of aromatic nitrogens is 1. The molecule has 4 nitrogen and oxygen atoms in total. The minimum atomic E-state index is -0.110. The normalized spacial score (nSPS) is 16.7. The molecule has 0 bridgehead atoms. The zero-order valence-electron chi connectivity index (χ0n) is 12.0. The largest absolute Gasteiger partial charge is 0.492 e. The van der Waals surface area contributed by atoms with Crippen molar-refractivity contribution in [2.75, 3.05) is 13.7 Å². The quantitative estimate of drug-likeness (QED) is 0.867. The average molecular weight is 282 g/mol. The number of pyridine rings is 1. The highest BCUT2D eigenvalue weighted by Gasteiger charge is 2.28. The Labute approximate surface area is 124 Å². The topological polar surface area (TPSA) is 42.4 Å². The van der Waals surface area contributed by atoms with E-state index in [9.17, 15) is 4.79 Å². The fourth-order valence-corrected chi connectivity index (χ4v) is 2.64. The summed E-state index contributed by atoms with van der Waals surface area (Å²) in [4.78, 5) is 18.4. The predicted molar refractivity (Wildman–Crippen MR) is 79.8 cm³/mol. The van der Waals surface area contributed by atoms with E-state index in [0.29, 0.717) is 13.2 Å². The summed E-state index contributed by atoms with van der Waals surface area (Å²) in [6, 6.07) is 11.8. The third-order valence-corrected chi connectivity index (χ3v) is 3.75. The molecule has 0 saturated heterocycles. The lowest BCUT2D eigenvalue weighted by molar-refractivity contribution is -0.136. The van der Waals surface area contributed by atoms with Crippen LogP contribution in [0.2, 0.25) is 0 Å². The minimum Gasteiger partial charge on any atom is -0.492 e. The van der Waals surface area contributed by atoms with Gasteiger partial charge in [0.1, 0.15) is 12.4 Å². The third-order valence-electron chi connectivity index (χ3n) is 3.75. The van der Waals surface area contributed by atoms with Gasteiger partial charge in [-0.25, -0.2) is 0 Å². The van der Waals surface area contributed by atoms with Gasteiger partial charge in [0.2, 0.25) is 5.91 Å². The second kappa shape index (κ2) is 5.95. The Morgan fingerprint density at radius 1 is 1.33 bits per heavy atom. The molecule has 108 valence electrons. The number of nitrogens with zero attached hydrogens (tertiary/aromatic N) is 2. The summed E-state index contributed by atoms with van der Waals surface area (Å²) in [6.07, 6.45) is 4.26. The number of hydrogen-bond acceptors (Lipinski definition) is 3. The Bertz CT molecular complexity index is 628. The van der Waals surface area contributed by atoms with Crippen LogP contribution in [0.5, 0.6) is 5.75 Å². The molecule has 2 aromatic rings. The van der Waals surface area contributed by atoms with Gasteiger partial charge in [0.25, 0.3) is 0 Å². The van der Waals surface area contributed by atoms with E-state index in [-0.39, 0.29) is 11.8 Å². The monoisotopic (exact) mass is 282 g/mol. The van der Waals surface area contributed by atoms with Crippen molar-refractivity contribution in [3.8, 4) is 5.75 Å². The third kappa shape index (κ3) is 3.05. The Kier molecular flexibility index (Phi) is 3.86. The van der Waals surface area contributed by atoms with Crippen molar-refractivity contribution < 1.29 is 9.53 Å². The maximum atomic E-state index is 12.5. The van der Waals surface area contributed by atoms with Crippen molar-refractivity contribution in [3.63, 3.8) is 0 Å². The highest BCUT2D eigenvalue weighted by molar-refractivity contribution is 5.79. The number of carbonyl (C=O) groups is 1. The summed E-state index contributed by atoms with van der Waals surface area (Å²) < 4.78 is 5.70. The van der Waals surface area contributed by atoms with E-state index in [4.69, 9.17) is 4.74 Å². The van der Waals surface area contributed by atoms with Gasteiger partial charge in [-0.2, -0.15) is 0 Å². The maximum absolute atomic E-state index is 12.5. The van der Waals surface area contributed by atoms with Crippen molar-refractivity contribution >= 4 is 5.91 Å². The van der Waals surface area contributed by atoms with Gasteiger partial charge in [-0.15, -0.1) is 0 Å². The van der Waals surface area contributed by atoms with Crippen molar-refractivity contribution in [2.45, 2.75) is 13.0 Å². The summed E-state index contributed by atoms with van der Waals surface area (Å²) in [5, 5.41) is 0. The minimum absolute atomic E-state index is 0.110. The Morgan fingerprint density at radius 3 is 3.00 bits per heavy atom. The van der Waals surface area contributed by atoms with Gasteiger partial charge in [0.05, 0.1) is 5.92 Å². The molecule has 0 aliphatic carbocycles. The van der Waals surface area contributed by atoms with Crippen LogP contribution in [0.3, 0.4) is 0 Å². The van der Waals surface area contributed by atoms with Gasteiger partial charge in [-0.1, -0.05) is 24.3 Å². The van der Waals surface area contributed by atoms with Crippen LogP contribution in [0, 0.1) is 5.92 Å². The first kappa shape index (κ1) is 13.6. The highest BCUT2D eigenvalue weighted by atomic mass is 16.5. The number of hydrogen-bond donors (Lipinski definition) is 0. The second-order valence-corrected chi connectivity index (χ2v) is 5.38. The van der Waals surface area contributed by atoms with Gasteiger partial charge in [0.15, 0.2) is 0 Å². The zero-order chi connectivity index (χ0) is 14.7. The number of carbonyl (C=O) groups excluding carboxylic acids is 1. The fourth-order valence-electron chi connectivity index (χ4n) is 2.64. The molecule has 1 amide bonds. The first-order valence-corrected chi connectivity index (χ1v) is 7.08. The van der Waals surface area contributed by atoms with E-state index >= 15 is 0 Å². The Balaban J connectivity index is 1.66. The van der Waals surface area contributed by atoms with Crippen molar-refractivity contribution in [1.82, 2.24) is 9.88 Å². The lowest BCUT2D eigenvalue weighted by Gasteiger charge is -2.28. The number of rotatable bonds is 3. The maximum Gasteiger partial charge on any atom is 0.229 e. The summed E-state index contributed by atoms with van der Waals surface area (Å²) in [5.41, 5.74) is 2.14. The molecule has 0 radical (unpaired) electrons. The number of amides is 1. The van der Waals surface area contributed by atoms with E-state index < -0.39 is 0 Å². The molecule has 1 unspecified atom stereocenters. The lowest BCUT2D eigenvalue weighted by atomic mass is 9.95. The van der Waals surface area contributed by atoms with Gasteiger partial charge < -0.3 is 9.64 Å². The van der Waals surface area contributed by atoms with Gasteiger partial charge in [-0.05, 0) is 29.7 Å². The lowest BCUT2D eigenvalue weighted by Crippen LogP contribution is -2.38. The standard InChI is InChI=1S/C17H18N2O2/c1-19(11-13-5-4-8-18-10-13)17(20)15-9-14-6-2-3-7-16(14)21-12-15/h2-8,10,15H,9,11-12H2,1H3. The van der Waals surface area contributed by atoms with Crippen LogP contribution in [-0.2, 0) is 17.8 Å². The van der Waals surface area contributed by atoms with E-state index in [1.54, 1.807) is 17.3 Å². The number of ether oxygens (including phenoxy) is 1. The second-order valence-electron chi connectivity index (χ2n) is 5.38. The molecule has 2 heterocycles. The van der Waals surface area contributed by atoms with E-state index in [0.717, 1.165) is 23.3 Å². The average Bonchev–Trinajstić information content (AvgIpc) is 2.54. The SMILES string of the molecule is CN(Cc1cccnc1)C(=O)C1COc2ccccc2C1. The molecule has 1 atom stereocenters. The fraction of sp³-hybridized carbons (Fsp3) is 0.294. The molecule has 0 fully saturated rings. The molecule has 4 heteroatoms.